The minimum absolute atomic E-state index is 0.135. The first-order valence-corrected chi connectivity index (χ1v) is 10.1. The van der Waals surface area contributed by atoms with Gasteiger partial charge in [0, 0.05) is 45.7 Å². The van der Waals surface area contributed by atoms with E-state index >= 15 is 0 Å². The van der Waals surface area contributed by atoms with Crippen molar-refractivity contribution in [2.45, 2.75) is 25.6 Å². The molecule has 136 valence electrons. The Morgan fingerprint density at radius 2 is 1.96 bits per heavy atom. The van der Waals surface area contributed by atoms with Gasteiger partial charge in [0.1, 0.15) is 5.37 Å². The fourth-order valence-corrected chi connectivity index (χ4v) is 4.70. The minimum Gasteiger partial charge on any atom is -0.340 e. The molecule has 5 nitrogen and oxygen atoms in total. The number of nitrogens with zero attached hydrogens (tertiary/aromatic N) is 3. The lowest BCUT2D eigenvalue weighted by atomic mass is 10.1. The van der Waals surface area contributed by atoms with E-state index in [0.717, 1.165) is 39.3 Å². The van der Waals surface area contributed by atoms with Crippen molar-refractivity contribution in [3.8, 4) is 0 Å². The zero-order valence-electron chi connectivity index (χ0n) is 15.1. The van der Waals surface area contributed by atoms with Crippen molar-refractivity contribution in [1.29, 1.82) is 0 Å². The molecule has 2 fully saturated rings. The summed E-state index contributed by atoms with van der Waals surface area (Å²) >= 11 is 1.72. The van der Waals surface area contributed by atoms with Crippen LogP contribution in [0.25, 0.3) is 0 Å². The van der Waals surface area contributed by atoms with Crippen LogP contribution in [0.3, 0.4) is 0 Å². The predicted octanol–water partition coefficient (Wildman–Crippen LogP) is 2.12. The highest BCUT2D eigenvalue weighted by atomic mass is 32.2. The molecule has 6 heteroatoms. The molecule has 2 amide bonds. The lowest BCUT2D eigenvalue weighted by Gasteiger charge is -2.36. The van der Waals surface area contributed by atoms with Crippen LogP contribution in [-0.2, 0) is 9.59 Å². The van der Waals surface area contributed by atoms with E-state index in [1.165, 1.54) is 11.1 Å². The smallest absolute Gasteiger partial charge is 0.233 e. The molecule has 2 aliphatic heterocycles. The Morgan fingerprint density at radius 1 is 1.20 bits per heavy atom. The van der Waals surface area contributed by atoms with Gasteiger partial charge in [-0.2, -0.15) is 0 Å². The number of carbonyl (C=O) groups excluding carboxylic acids is 2. The monoisotopic (exact) mass is 361 g/mol. The fourth-order valence-electron chi connectivity index (χ4n) is 3.49. The van der Waals surface area contributed by atoms with Gasteiger partial charge in [0.05, 0.1) is 5.75 Å². The first kappa shape index (κ1) is 18.3. The number of benzene rings is 1. The van der Waals surface area contributed by atoms with Crippen molar-refractivity contribution in [1.82, 2.24) is 14.7 Å². The molecule has 0 aromatic heterocycles. The summed E-state index contributed by atoms with van der Waals surface area (Å²) in [7, 11) is 0. The Bertz CT molecular complexity index is 629. The van der Waals surface area contributed by atoms with Gasteiger partial charge in [0.15, 0.2) is 0 Å². The summed E-state index contributed by atoms with van der Waals surface area (Å²) in [6, 6.07) is 8.45. The van der Waals surface area contributed by atoms with Crippen LogP contribution in [0.5, 0.6) is 0 Å². The van der Waals surface area contributed by atoms with Gasteiger partial charge in [-0.05, 0) is 12.5 Å². The maximum atomic E-state index is 12.3. The predicted molar refractivity (Wildman–Crippen MR) is 101 cm³/mol. The van der Waals surface area contributed by atoms with Gasteiger partial charge in [0.2, 0.25) is 11.8 Å². The van der Waals surface area contributed by atoms with Crippen LogP contribution >= 0.6 is 11.8 Å². The highest BCUT2D eigenvalue weighted by Gasteiger charge is 2.33. The number of amides is 2. The van der Waals surface area contributed by atoms with Crippen molar-refractivity contribution < 1.29 is 9.59 Å². The molecule has 3 rings (SSSR count). The third-order valence-electron chi connectivity index (χ3n) is 4.98. The summed E-state index contributed by atoms with van der Waals surface area (Å²) < 4.78 is 0. The second-order valence-electron chi connectivity index (χ2n) is 6.74. The summed E-state index contributed by atoms with van der Waals surface area (Å²) in [6.45, 7) is 9.04. The van der Waals surface area contributed by atoms with Gasteiger partial charge in [-0.3, -0.25) is 14.5 Å². The molecule has 0 radical (unpaired) electrons. The number of carbonyl (C=O) groups is 2. The highest BCUT2D eigenvalue weighted by Crippen LogP contribution is 2.38. The summed E-state index contributed by atoms with van der Waals surface area (Å²) in [5.74, 6) is 1.04. The first-order valence-electron chi connectivity index (χ1n) is 9.06. The standard InChI is InChI=1S/C19H27N3O2S/c1-3-17(23)21-10-7-20(8-11-21)9-12-22-18(24)14-25-19(22)16-6-4-5-15(2)13-16/h4-6,13,19H,3,7-12,14H2,1-2H3/t19-/m1/s1. The van der Waals surface area contributed by atoms with Crippen molar-refractivity contribution in [3.05, 3.63) is 35.4 Å². The molecule has 2 heterocycles. The Hall–Kier alpha value is -1.53. The summed E-state index contributed by atoms with van der Waals surface area (Å²) in [5, 5.41) is 0.135. The molecule has 0 N–H and O–H groups in total. The van der Waals surface area contributed by atoms with Crippen LogP contribution in [-0.4, -0.2) is 71.5 Å². The molecule has 1 aromatic carbocycles. The average molecular weight is 362 g/mol. The van der Waals surface area contributed by atoms with Crippen LogP contribution in [0.2, 0.25) is 0 Å². The second kappa shape index (κ2) is 8.23. The van der Waals surface area contributed by atoms with Crippen LogP contribution in [0.1, 0.15) is 29.8 Å². The molecule has 0 unspecified atom stereocenters. The Balaban J connectivity index is 1.55. The first-order chi connectivity index (χ1) is 12.1. The number of thioether (sulfide) groups is 1. The Labute approximate surface area is 154 Å². The molecular weight excluding hydrogens is 334 g/mol. The van der Waals surface area contributed by atoms with Crippen molar-refractivity contribution in [2.24, 2.45) is 0 Å². The average Bonchev–Trinajstić information content (AvgIpc) is 3.00. The molecule has 0 bridgehead atoms. The van der Waals surface area contributed by atoms with Gasteiger partial charge in [-0.1, -0.05) is 36.8 Å². The largest absolute Gasteiger partial charge is 0.340 e. The summed E-state index contributed by atoms with van der Waals surface area (Å²) in [4.78, 5) is 30.4. The molecule has 1 atom stereocenters. The Kier molecular flexibility index (Phi) is 6.02. The summed E-state index contributed by atoms with van der Waals surface area (Å²) in [5.41, 5.74) is 2.45. The lowest BCUT2D eigenvalue weighted by molar-refractivity contribution is -0.132. The fraction of sp³-hybridized carbons (Fsp3) is 0.579. The molecule has 0 aliphatic carbocycles. The molecule has 2 saturated heterocycles. The van der Waals surface area contributed by atoms with Crippen LogP contribution in [0.4, 0.5) is 0 Å². The van der Waals surface area contributed by atoms with Crippen LogP contribution in [0.15, 0.2) is 24.3 Å². The van der Waals surface area contributed by atoms with Gasteiger partial charge in [-0.25, -0.2) is 0 Å². The van der Waals surface area contributed by atoms with E-state index in [1.54, 1.807) is 11.8 Å². The van der Waals surface area contributed by atoms with Crippen LogP contribution < -0.4 is 0 Å². The topological polar surface area (TPSA) is 43.9 Å². The number of hydrogen-bond donors (Lipinski definition) is 0. The van der Waals surface area contributed by atoms with E-state index in [1.807, 2.05) is 16.7 Å². The maximum Gasteiger partial charge on any atom is 0.233 e. The van der Waals surface area contributed by atoms with E-state index in [2.05, 4.69) is 36.1 Å². The zero-order valence-corrected chi connectivity index (χ0v) is 15.9. The molecule has 0 spiro atoms. The van der Waals surface area contributed by atoms with Crippen molar-refractivity contribution >= 4 is 23.6 Å². The number of aryl methyl sites for hydroxylation is 1. The number of rotatable bonds is 5. The highest BCUT2D eigenvalue weighted by molar-refractivity contribution is 8.00. The number of piperazine rings is 1. The molecular formula is C19H27N3O2S. The molecule has 25 heavy (non-hydrogen) atoms. The van der Waals surface area contributed by atoms with E-state index in [-0.39, 0.29) is 17.2 Å². The number of hydrogen-bond acceptors (Lipinski definition) is 4. The Morgan fingerprint density at radius 3 is 2.64 bits per heavy atom. The quantitative estimate of drug-likeness (QED) is 0.806. The van der Waals surface area contributed by atoms with E-state index < -0.39 is 0 Å². The third-order valence-corrected chi connectivity index (χ3v) is 6.24. The van der Waals surface area contributed by atoms with Gasteiger partial charge in [0.25, 0.3) is 0 Å². The van der Waals surface area contributed by atoms with Crippen molar-refractivity contribution in [3.63, 3.8) is 0 Å². The van der Waals surface area contributed by atoms with Gasteiger partial charge in [-0.15, -0.1) is 11.8 Å². The molecule has 0 saturated carbocycles. The lowest BCUT2D eigenvalue weighted by Crippen LogP contribution is -2.50. The van der Waals surface area contributed by atoms with Crippen molar-refractivity contribution in [2.75, 3.05) is 45.0 Å². The SMILES string of the molecule is CCC(=O)N1CCN(CCN2C(=O)CS[C@@H]2c2cccc(C)c2)CC1. The van der Waals surface area contributed by atoms with E-state index in [4.69, 9.17) is 0 Å². The normalized spacial score (nSPS) is 21.8. The van der Waals surface area contributed by atoms with E-state index in [9.17, 15) is 9.59 Å². The van der Waals surface area contributed by atoms with E-state index in [0.29, 0.717) is 12.2 Å². The van der Waals surface area contributed by atoms with Gasteiger partial charge < -0.3 is 9.80 Å². The minimum atomic E-state index is 0.135. The second-order valence-corrected chi connectivity index (χ2v) is 7.81. The van der Waals surface area contributed by atoms with Crippen LogP contribution in [0, 0.1) is 6.92 Å². The zero-order chi connectivity index (χ0) is 17.8. The molecule has 2 aliphatic rings. The van der Waals surface area contributed by atoms with Gasteiger partial charge >= 0.3 is 0 Å². The third kappa shape index (κ3) is 4.36. The molecule has 1 aromatic rings. The summed E-state index contributed by atoms with van der Waals surface area (Å²) in [6.07, 6.45) is 0.581. The maximum absolute atomic E-state index is 12.3.